The minimum absolute atomic E-state index is 0.0337. The molecule has 25 heavy (non-hydrogen) atoms. The number of nitrogens with zero attached hydrogens (tertiary/aromatic N) is 4. The van der Waals surface area contributed by atoms with Crippen LogP contribution in [0.2, 0.25) is 0 Å². The molecule has 0 aliphatic heterocycles. The summed E-state index contributed by atoms with van der Waals surface area (Å²) >= 11 is 0. The SMILES string of the molecule is CN(C)C(C(=O)NCc1ccnc(-n2cccn2)c1)c1ccccc1. The van der Waals surface area contributed by atoms with Crippen LogP contribution in [0.5, 0.6) is 0 Å². The molecule has 3 rings (SSSR count). The van der Waals surface area contributed by atoms with E-state index in [1.54, 1.807) is 17.1 Å². The van der Waals surface area contributed by atoms with Gasteiger partial charge < -0.3 is 5.32 Å². The monoisotopic (exact) mass is 335 g/mol. The molecule has 0 aliphatic carbocycles. The summed E-state index contributed by atoms with van der Waals surface area (Å²) in [4.78, 5) is 18.9. The van der Waals surface area contributed by atoms with Gasteiger partial charge in [-0.25, -0.2) is 9.67 Å². The number of carbonyl (C=O) groups is 1. The van der Waals surface area contributed by atoms with Gasteiger partial charge in [0, 0.05) is 25.1 Å². The fraction of sp³-hybridized carbons (Fsp3) is 0.211. The number of benzene rings is 1. The third kappa shape index (κ3) is 4.10. The van der Waals surface area contributed by atoms with Gasteiger partial charge in [-0.05, 0) is 43.4 Å². The standard InChI is InChI=1S/C19H21N5O/c1-23(2)18(16-7-4-3-5-8-16)19(25)21-14-15-9-11-20-17(13-15)24-12-6-10-22-24/h3-13,18H,14H2,1-2H3,(H,21,25). The summed E-state index contributed by atoms with van der Waals surface area (Å²) < 4.78 is 1.69. The highest BCUT2D eigenvalue weighted by Crippen LogP contribution is 2.18. The molecule has 2 aromatic heterocycles. The lowest BCUT2D eigenvalue weighted by molar-refractivity contribution is -0.125. The van der Waals surface area contributed by atoms with Gasteiger partial charge in [0.25, 0.3) is 0 Å². The van der Waals surface area contributed by atoms with Crippen molar-refractivity contribution in [2.24, 2.45) is 0 Å². The van der Waals surface area contributed by atoms with E-state index in [-0.39, 0.29) is 11.9 Å². The Morgan fingerprint density at radius 1 is 1.16 bits per heavy atom. The second-order valence-electron chi connectivity index (χ2n) is 5.97. The summed E-state index contributed by atoms with van der Waals surface area (Å²) in [7, 11) is 3.80. The van der Waals surface area contributed by atoms with Crippen LogP contribution >= 0.6 is 0 Å². The van der Waals surface area contributed by atoms with Crippen LogP contribution in [0.3, 0.4) is 0 Å². The molecule has 2 heterocycles. The van der Waals surface area contributed by atoms with Gasteiger partial charge in [-0.2, -0.15) is 5.10 Å². The number of hydrogen-bond acceptors (Lipinski definition) is 4. The average Bonchev–Trinajstić information content (AvgIpc) is 3.16. The number of hydrogen-bond donors (Lipinski definition) is 1. The second kappa shape index (κ2) is 7.72. The molecule has 0 spiro atoms. The summed E-state index contributed by atoms with van der Waals surface area (Å²) in [5.41, 5.74) is 1.94. The molecule has 0 fully saturated rings. The van der Waals surface area contributed by atoms with E-state index in [1.807, 2.05) is 73.7 Å². The first-order chi connectivity index (χ1) is 12.1. The van der Waals surface area contributed by atoms with Crippen molar-refractivity contribution >= 4 is 5.91 Å². The number of carbonyl (C=O) groups excluding carboxylic acids is 1. The van der Waals surface area contributed by atoms with E-state index in [0.29, 0.717) is 6.54 Å². The van der Waals surface area contributed by atoms with Crippen molar-refractivity contribution in [1.82, 2.24) is 25.0 Å². The zero-order valence-electron chi connectivity index (χ0n) is 14.3. The molecule has 1 aromatic carbocycles. The molecular formula is C19H21N5O. The highest BCUT2D eigenvalue weighted by atomic mass is 16.2. The summed E-state index contributed by atoms with van der Waals surface area (Å²) in [6.07, 6.45) is 5.26. The maximum atomic E-state index is 12.7. The maximum Gasteiger partial charge on any atom is 0.242 e. The first-order valence-electron chi connectivity index (χ1n) is 8.09. The second-order valence-corrected chi connectivity index (χ2v) is 5.97. The highest BCUT2D eigenvalue weighted by molar-refractivity contribution is 5.83. The van der Waals surface area contributed by atoms with Crippen molar-refractivity contribution in [3.63, 3.8) is 0 Å². The van der Waals surface area contributed by atoms with Gasteiger partial charge in [-0.15, -0.1) is 0 Å². The largest absolute Gasteiger partial charge is 0.350 e. The third-order valence-corrected chi connectivity index (χ3v) is 3.90. The topological polar surface area (TPSA) is 63.1 Å². The lowest BCUT2D eigenvalue weighted by atomic mass is 10.1. The normalized spacial score (nSPS) is 12.1. The van der Waals surface area contributed by atoms with Crippen LogP contribution in [0.15, 0.2) is 67.1 Å². The lowest BCUT2D eigenvalue weighted by Gasteiger charge is -2.23. The van der Waals surface area contributed by atoms with Gasteiger partial charge in [0.2, 0.25) is 5.91 Å². The van der Waals surface area contributed by atoms with E-state index in [9.17, 15) is 4.79 Å². The molecule has 3 aromatic rings. The van der Waals surface area contributed by atoms with E-state index in [0.717, 1.165) is 16.9 Å². The van der Waals surface area contributed by atoms with Crippen molar-refractivity contribution in [2.75, 3.05) is 14.1 Å². The fourth-order valence-corrected chi connectivity index (χ4v) is 2.71. The van der Waals surface area contributed by atoms with Crippen molar-refractivity contribution in [3.05, 3.63) is 78.2 Å². The van der Waals surface area contributed by atoms with Gasteiger partial charge >= 0.3 is 0 Å². The van der Waals surface area contributed by atoms with E-state index in [4.69, 9.17) is 0 Å². The fourth-order valence-electron chi connectivity index (χ4n) is 2.71. The molecule has 128 valence electrons. The third-order valence-electron chi connectivity index (χ3n) is 3.90. The summed E-state index contributed by atoms with van der Waals surface area (Å²) in [6.45, 7) is 0.437. The molecular weight excluding hydrogens is 314 g/mol. The molecule has 0 saturated carbocycles. The molecule has 0 saturated heterocycles. The quantitative estimate of drug-likeness (QED) is 0.750. The van der Waals surface area contributed by atoms with Crippen molar-refractivity contribution in [2.45, 2.75) is 12.6 Å². The Labute approximate surface area is 147 Å². The number of nitrogens with one attached hydrogen (secondary N) is 1. The van der Waals surface area contributed by atoms with Crippen LogP contribution in [-0.2, 0) is 11.3 Å². The summed E-state index contributed by atoms with van der Waals surface area (Å²) in [5, 5.41) is 7.19. The zero-order chi connectivity index (χ0) is 17.6. The molecule has 0 radical (unpaired) electrons. The maximum absolute atomic E-state index is 12.7. The molecule has 1 atom stereocenters. The Bertz CT molecular complexity index is 815. The first kappa shape index (κ1) is 16.9. The van der Waals surface area contributed by atoms with E-state index < -0.39 is 0 Å². The van der Waals surface area contributed by atoms with Crippen LogP contribution in [0.1, 0.15) is 17.2 Å². The molecule has 6 heteroatoms. The molecule has 0 aliphatic rings. The van der Waals surface area contributed by atoms with Crippen LogP contribution < -0.4 is 5.32 Å². The predicted octanol–water partition coefficient (Wildman–Crippen LogP) is 2.19. The highest BCUT2D eigenvalue weighted by Gasteiger charge is 2.22. The summed E-state index contributed by atoms with van der Waals surface area (Å²) in [6, 6.07) is 15.1. The number of likely N-dealkylation sites (N-methyl/N-ethyl adjacent to an activating group) is 1. The van der Waals surface area contributed by atoms with E-state index >= 15 is 0 Å². The summed E-state index contributed by atoms with van der Waals surface area (Å²) in [5.74, 6) is 0.692. The number of rotatable bonds is 6. The molecule has 0 bridgehead atoms. The smallest absolute Gasteiger partial charge is 0.242 e. The van der Waals surface area contributed by atoms with Crippen LogP contribution in [0.4, 0.5) is 0 Å². The zero-order valence-corrected chi connectivity index (χ0v) is 14.3. The molecule has 1 N–H and O–H groups in total. The molecule has 1 unspecified atom stereocenters. The molecule has 1 amide bonds. The first-order valence-corrected chi connectivity index (χ1v) is 8.09. The Hall–Kier alpha value is -2.99. The Morgan fingerprint density at radius 2 is 1.96 bits per heavy atom. The Balaban J connectivity index is 1.70. The van der Waals surface area contributed by atoms with Crippen LogP contribution in [0.25, 0.3) is 5.82 Å². The van der Waals surface area contributed by atoms with Gasteiger partial charge in [0.1, 0.15) is 6.04 Å². The lowest BCUT2D eigenvalue weighted by Crippen LogP contribution is -2.36. The van der Waals surface area contributed by atoms with Gasteiger partial charge in [0.15, 0.2) is 5.82 Å². The van der Waals surface area contributed by atoms with Crippen LogP contribution in [0, 0.1) is 0 Å². The minimum atomic E-state index is -0.325. The van der Waals surface area contributed by atoms with E-state index in [2.05, 4.69) is 15.4 Å². The predicted molar refractivity (Wildman–Crippen MR) is 96.1 cm³/mol. The Morgan fingerprint density at radius 3 is 2.64 bits per heavy atom. The van der Waals surface area contributed by atoms with Crippen molar-refractivity contribution in [1.29, 1.82) is 0 Å². The van der Waals surface area contributed by atoms with E-state index in [1.165, 1.54) is 0 Å². The number of amides is 1. The van der Waals surface area contributed by atoms with Crippen molar-refractivity contribution < 1.29 is 4.79 Å². The number of pyridine rings is 1. The molecule has 6 nitrogen and oxygen atoms in total. The Kier molecular flexibility index (Phi) is 5.20. The van der Waals surface area contributed by atoms with Crippen LogP contribution in [-0.4, -0.2) is 39.7 Å². The van der Waals surface area contributed by atoms with Crippen molar-refractivity contribution in [3.8, 4) is 5.82 Å². The van der Waals surface area contributed by atoms with Gasteiger partial charge in [0.05, 0.1) is 0 Å². The van der Waals surface area contributed by atoms with Gasteiger partial charge in [-0.1, -0.05) is 30.3 Å². The number of aromatic nitrogens is 3. The average molecular weight is 335 g/mol. The van der Waals surface area contributed by atoms with Gasteiger partial charge in [-0.3, -0.25) is 9.69 Å². The minimum Gasteiger partial charge on any atom is -0.350 e.